The molecule has 0 N–H and O–H groups in total. The van der Waals surface area contributed by atoms with Crippen molar-refractivity contribution in [3.05, 3.63) is 30.1 Å². The molecule has 2 aliphatic rings. The molecular formula is C15H20FNO5S2. The van der Waals surface area contributed by atoms with Crippen LogP contribution < -0.4 is 0 Å². The fraction of sp³-hybridized carbons (Fsp3) is 0.600. The second-order valence-electron chi connectivity index (χ2n) is 6.22. The Balaban J connectivity index is 1.91. The summed E-state index contributed by atoms with van der Waals surface area (Å²) < 4.78 is 69.4. The molecular weight excluding hydrogens is 357 g/mol. The van der Waals surface area contributed by atoms with Crippen LogP contribution >= 0.6 is 0 Å². The summed E-state index contributed by atoms with van der Waals surface area (Å²) in [5.74, 6) is -0.721. The number of hydrogen-bond acceptors (Lipinski definition) is 5. The van der Waals surface area contributed by atoms with Gasteiger partial charge in [0, 0.05) is 19.2 Å². The Labute approximate surface area is 141 Å². The third-order valence-electron chi connectivity index (χ3n) is 4.44. The second-order valence-corrected chi connectivity index (χ2v) is 10.3. The zero-order valence-corrected chi connectivity index (χ0v) is 14.7. The van der Waals surface area contributed by atoms with E-state index in [1.54, 1.807) is 0 Å². The molecule has 24 heavy (non-hydrogen) atoms. The second kappa shape index (κ2) is 6.70. The fourth-order valence-electron chi connectivity index (χ4n) is 3.18. The molecule has 2 atom stereocenters. The summed E-state index contributed by atoms with van der Waals surface area (Å²) in [7, 11) is -7.15. The smallest absolute Gasteiger partial charge is 0.243 e. The molecule has 0 amide bonds. The minimum absolute atomic E-state index is 0.0152. The summed E-state index contributed by atoms with van der Waals surface area (Å²) >= 11 is 0. The number of hydrogen-bond donors (Lipinski definition) is 0. The average Bonchev–Trinajstić information content (AvgIpc) is 3.14. The van der Waals surface area contributed by atoms with Gasteiger partial charge < -0.3 is 4.74 Å². The summed E-state index contributed by atoms with van der Waals surface area (Å²) in [4.78, 5) is -0.0359. The lowest BCUT2D eigenvalue weighted by Gasteiger charge is -2.29. The van der Waals surface area contributed by atoms with Crippen molar-refractivity contribution in [3.8, 4) is 0 Å². The molecule has 2 fully saturated rings. The third kappa shape index (κ3) is 3.79. The van der Waals surface area contributed by atoms with Crippen molar-refractivity contribution in [2.75, 3.05) is 24.7 Å². The van der Waals surface area contributed by atoms with Gasteiger partial charge in [-0.3, -0.25) is 0 Å². The van der Waals surface area contributed by atoms with Crippen LogP contribution in [0.5, 0.6) is 0 Å². The van der Waals surface area contributed by atoms with Gasteiger partial charge in [-0.25, -0.2) is 21.2 Å². The topological polar surface area (TPSA) is 80.8 Å². The molecule has 6 nitrogen and oxygen atoms in total. The lowest BCUT2D eigenvalue weighted by Crippen LogP contribution is -2.45. The molecule has 9 heteroatoms. The number of halogens is 1. The van der Waals surface area contributed by atoms with Crippen molar-refractivity contribution in [2.45, 2.75) is 36.3 Å². The zero-order valence-electron chi connectivity index (χ0n) is 13.1. The van der Waals surface area contributed by atoms with Crippen molar-refractivity contribution >= 4 is 19.9 Å². The highest BCUT2D eigenvalue weighted by atomic mass is 32.2. The van der Waals surface area contributed by atoms with Crippen LogP contribution in [0.4, 0.5) is 4.39 Å². The summed E-state index contributed by atoms with van der Waals surface area (Å²) in [6.07, 6.45) is 1.64. The first-order valence-electron chi connectivity index (χ1n) is 7.87. The van der Waals surface area contributed by atoms with E-state index in [1.807, 2.05) is 0 Å². The first kappa shape index (κ1) is 17.8. The Bertz CT molecular complexity index is 786. The number of rotatable bonds is 5. The molecule has 134 valence electrons. The molecule has 1 aromatic rings. The Kier molecular flexibility index (Phi) is 4.96. The van der Waals surface area contributed by atoms with Crippen LogP contribution in [0.3, 0.4) is 0 Å². The van der Waals surface area contributed by atoms with Gasteiger partial charge in [0.25, 0.3) is 0 Å². The van der Waals surface area contributed by atoms with Crippen molar-refractivity contribution in [1.29, 1.82) is 0 Å². The molecule has 0 unspecified atom stereocenters. The van der Waals surface area contributed by atoms with Gasteiger partial charge in [0.15, 0.2) is 9.84 Å². The number of sulfonamides is 1. The molecule has 3 rings (SSSR count). The summed E-state index contributed by atoms with van der Waals surface area (Å²) in [5, 5.41) is 0. The maximum atomic E-state index is 13.1. The molecule has 2 heterocycles. The van der Waals surface area contributed by atoms with E-state index >= 15 is 0 Å². The van der Waals surface area contributed by atoms with Crippen molar-refractivity contribution in [1.82, 2.24) is 4.31 Å². The van der Waals surface area contributed by atoms with Crippen LogP contribution in [0.2, 0.25) is 0 Å². The number of sulfone groups is 1. The van der Waals surface area contributed by atoms with Gasteiger partial charge in [-0.15, -0.1) is 0 Å². The van der Waals surface area contributed by atoms with Crippen LogP contribution in [0.15, 0.2) is 29.2 Å². The highest BCUT2D eigenvalue weighted by Gasteiger charge is 2.40. The lowest BCUT2D eigenvalue weighted by molar-refractivity contribution is 0.0877. The van der Waals surface area contributed by atoms with E-state index in [1.165, 1.54) is 16.4 Å². The summed E-state index contributed by atoms with van der Waals surface area (Å²) in [6.45, 7) is 0.706. The molecule has 0 bridgehead atoms. The van der Waals surface area contributed by atoms with Gasteiger partial charge in [-0.2, -0.15) is 4.31 Å². The first-order valence-corrected chi connectivity index (χ1v) is 11.1. The van der Waals surface area contributed by atoms with E-state index in [9.17, 15) is 21.2 Å². The SMILES string of the molecule is O=S1(=O)CC[C@@H](N(C[C@@H]2CCCO2)S(=O)(=O)c2ccc(F)cc2)C1. The molecule has 2 saturated heterocycles. The number of benzene rings is 1. The van der Waals surface area contributed by atoms with E-state index in [0.717, 1.165) is 25.0 Å². The van der Waals surface area contributed by atoms with E-state index in [4.69, 9.17) is 4.74 Å². The number of nitrogens with zero attached hydrogens (tertiary/aromatic N) is 1. The lowest BCUT2D eigenvalue weighted by atomic mass is 10.2. The normalized spacial score (nSPS) is 26.9. The van der Waals surface area contributed by atoms with Gasteiger partial charge in [0.1, 0.15) is 5.82 Å². The fourth-order valence-corrected chi connectivity index (χ4v) is 6.69. The van der Waals surface area contributed by atoms with Gasteiger partial charge in [-0.1, -0.05) is 0 Å². The maximum absolute atomic E-state index is 13.1. The van der Waals surface area contributed by atoms with Crippen LogP contribution in [0.25, 0.3) is 0 Å². The van der Waals surface area contributed by atoms with Crippen LogP contribution in [0.1, 0.15) is 19.3 Å². The molecule has 0 radical (unpaired) electrons. The molecule has 0 saturated carbocycles. The van der Waals surface area contributed by atoms with Crippen LogP contribution in [0, 0.1) is 5.82 Å². The van der Waals surface area contributed by atoms with Crippen molar-refractivity contribution < 1.29 is 26.0 Å². The van der Waals surface area contributed by atoms with E-state index in [0.29, 0.717) is 6.61 Å². The maximum Gasteiger partial charge on any atom is 0.243 e. The molecule has 0 aliphatic carbocycles. The van der Waals surface area contributed by atoms with Gasteiger partial charge in [0.05, 0.1) is 22.5 Å². The van der Waals surface area contributed by atoms with E-state index < -0.39 is 31.7 Å². The van der Waals surface area contributed by atoms with Crippen LogP contribution in [-0.4, -0.2) is 57.9 Å². The predicted octanol–water partition coefficient (Wildman–Crippen LogP) is 1.18. The Morgan fingerprint density at radius 1 is 1.21 bits per heavy atom. The van der Waals surface area contributed by atoms with E-state index in [2.05, 4.69) is 0 Å². The van der Waals surface area contributed by atoms with Gasteiger partial charge >= 0.3 is 0 Å². The average molecular weight is 377 g/mol. The standard InChI is InChI=1S/C15H20FNO5S2/c16-12-3-5-15(6-4-12)24(20,21)17(10-14-2-1-8-22-14)13-7-9-23(18,19)11-13/h3-6,13-14H,1-2,7-11H2/t13-,14+/m1/s1. The molecule has 2 aliphatic heterocycles. The molecule has 0 spiro atoms. The zero-order chi connectivity index (χ0) is 17.4. The first-order chi connectivity index (χ1) is 11.3. The van der Waals surface area contributed by atoms with E-state index in [-0.39, 0.29) is 35.5 Å². The largest absolute Gasteiger partial charge is 0.377 e. The number of ether oxygens (including phenoxy) is 1. The van der Waals surface area contributed by atoms with Crippen molar-refractivity contribution in [2.24, 2.45) is 0 Å². The monoisotopic (exact) mass is 377 g/mol. The van der Waals surface area contributed by atoms with Crippen molar-refractivity contribution in [3.63, 3.8) is 0 Å². The third-order valence-corrected chi connectivity index (χ3v) is 8.13. The highest BCUT2D eigenvalue weighted by Crippen LogP contribution is 2.27. The minimum atomic E-state index is -3.92. The van der Waals surface area contributed by atoms with Gasteiger partial charge in [0.2, 0.25) is 10.0 Å². The van der Waals surface area contributed by atoms with Crippen LogP contribution in [-0.2, 0) is 24.6 Å². The quantitative estimate of drug-likeness (QED) is 0.770. The Hall–Kier alpha value is -1.03. The Morgan fingerprint density at radius 2 is 1.92 bits per heavy atom. The summed E-state index contributed by atoms with van der Waals surface area (Å²) in [5.41, 5.74) is 0. The molecule has 0 aromatic heterocycles. The minimum Gasteiger partial charge on any atom is -0.377 e. The predicted molar refractivity (Wildman–Crippen MR) is 86.3 cm³/mol. The van der Waals surface area contributed by atoms with Gasteiger partial charge in [-0.05, 0) is 43.5 Å². The highest BCUT2D eigenvalue weighted by molar-refractivity contribution is 7.92. The summed E-state index contributed by atoms with van der Waals surface area (Å²) in [6, 6.07) is 3.98. The Morgan fingerprint density at radius 3 is 2.46 bits per heavy atom. The molecule has 1 aromatic carbocycles.